The second-order valence-corrected chi connectivity index (χ2v) is 8.07. The molecule has 1 amide bonds. The topological polar surface area (TPSA) is 51.0 Å². The third-order valence-corrected chi connectivity index (χ3v) is 6.35. The Morgan fingerprint density at radius 3 is 2.81 bits per heavy atom. The molecule has 0 atom stereocenters. The Kier molecular flexibility index (Phi) is 5.18. The van der Waals surface area contributed by atoms with Crippen LogP contribution >= 0.6 is 23.5 Å². The second kappa shape index (κ2) is 7.74. The largest absolute Gasteiger partial charge is 0.310 e. The van der Waals surface area contributed by atoms with Gasteiger partial charge in [-0.2, -0.15) is 0 Å². The fraction of sp³-hybridized carbons (Fsp3) is 0.211. The zero-order valence-electron chi connectivity index (χ0n) is 14.6. The first kappa shape index (κ1) is 18.1. The number of carbonyl (C=O) groups is 1. The number of halogens is 1. The molecular formula is C19H17FN4OS2. The Bertz CT molecular complexity index is 991. The summed E-state index contributed by atoms with van der Waals surface area (Å²) >= 11 is 3.08. The van der Waals surface area contributed by atoms with E-state index in [1.807, 2.05) is 29.2 Å². The Morgan fingerprint density at radius 1 is 1.19 bits per heavy atom. The number of amides is 1. The van der Waals surface area contributed by atoms with Crippen molar-refractivity contribution in [1.82, 2.24) is 14.8 Å². The fourth-order valence-electron chi connectivity index (χ4n) is 2.95. The van der Waals surface area contributed by atoms with Crippen molar-refractivity contribution >= 4 is 35.1 Å². The number of fused-ring (bicyclic) bond motifs is 1. The van der Waals surface area contributed by atoms with Crippen LogP contribution < -0.4 is 4.90 Å². The van der Waals surface area contributed by atoms with Gasteiger partial charge in [-0.05, 0) is 24.3 Å². The quantitative estimate of drug-likeness (QED) is 0.623. The molecule has 4 rings (SSSR count). The van der Waals surface area contributed by atoms with E-state index in [1.54, 1.807) is 41.6 Å². The molecule has 2 aromatic carbocycles. The zero-order chi connectivity index (χ0) is 18.8. The predicted molar refractivity (Wildman–Crippen MR) is 107 cm³/mol. The van der Waals surface area contributed by atoms with Gasteiger partial charge in [0.2, 0.25) is 5.91 Å². The van der Waals surface area contributed by atoms with Gasteiger partial charge in [0, 0.05) is 24.2 Å². The molecule has 0 unspecified atom stereocenters. The van der Waals surface area contributed by atoms with Gasteiger partial charge in [-0.1, -0.05) is 36.0 Å². The molecule has 1 aromatic heterocycles. The molecule has 0 fully saturated rings. The molecule has 0 bridgehead atoms. The number of carbonyl (C=O) groups excluding carboxylic acids is 1. The zero-order valence-corrected chi connectivity index (χ0v) is 16.3. The Balaban J connectivity index is 1.49. The number of hydrogen-bond donors (Lipinski definition) is 0. The van der Waals surface area contributed by atoms with E-state index in [0.717, 1.165) is 16.3 Å². The second-order valence-electron chi connectivity index (χ2n) is 6.00. The van der Waals surface area contributed by atoms with Crippen LogP contribution in [-0.4, -0.2) is 38.7 Å². The van der Waals surface area contributed by atoms with Crippen LogP contribution in [0.5, 0.6) is 0 Å². The van der Waals surface area contributed by atoms with Gasteiger partial charge < -0.3 is 9.47 Å². The van der Waals surface area contributed by atoms with Gasteiger partial charge in [0.05, 0.1) is 17.0 Å². The van der Waals surface area contributed by atoms with Gasteiger partial charge in [-0.25, -0.2) is 4.39 Å². The number of para-hydroxylation sites is 1. The van der Waals surface area contributed by atoms with Gasteiger partial charge in [0.15, 0.2) is 11.0 Å². The lowest BCUT2D eigenvalue weighted by Gasteiger charge is -2.28. The third kappa shape index (κ3) is 3.59. The maximum absolute atomic E-state index is 14.0. The van der Waals surface area contributed by atoms with E-state index in [2.05, 4.69) is 10.2 Å². The summed E-state index contributed by atoms with van der Waals surface area (Å²) in [7, 11) is 1.78. The van der Waals surface area contributed by atoms with Crippen molar-refractivity contribution in [1.29, 1.82) is 0 Å². The number of nitrogens with zero attached hydrogens (tertiary/aromatic N) is 4. The van der Waals surface area contributed by atoms with Crippen LogP contribution in [0, 0.1) is 5.82 Å². The predicted octanol–water partition coefficient (Wildman–Crippen LogP) is 3.85. The van der Waals surface area contributed by atoms with Gasteiger partial charge in [-0.15, -0.1) is 22.0 Å². The van der Waals surface area contributed by atoms with Crippen LogP contribution in [0.3, 0.4) is 0 Å². The molecule has 1 aliphatic heterocycles. The van der Waals surface area contributed by atoms with Gasteiger partial charge in [0.1, 0.15) is 5.82 Å². The van der Waals surface area contributed by atoms with Crippen LogP contribution in [-0.2, 0) is 11.8 Å². The molecule has 138 valence electrons. The number of benzene rings is 2. The molecule has 2 heterocycles. The summed E-state index contributed by atoms with van der Waals surface area (Å²) in [4.78, 5) is 15.7. The van der Waals surface area contributed by atoms with Gasteiger partial charge in [0.25, 0.3) is 0 Å². The van der Waals surface area contributed by atoms with Crippen molar-refractivity contribution in [3.63, 3.8) is 0 Å². The summed E-state index contributed by atoms with van der Waals surface area (Å²) in [6.45, 7) is 0.695. The van der Waals surface area contributed by atoms with Crippen molar-refractivity contribution in [2.24, 2.45) is 7.05 Å². The van der Waals surface area contributed by atoms with E-state index in [1.165, 1.54) is 17.8 Å². The number of thioether (sulfide) groups is 2. The van der Waals surface area contributed by atoms with Crippen molar-refractivity contribution < 1.29 is 9.18 Å². The Hall–Kier alpha value is -2.32. The minimum absolute atomic E-state index is 0.0307. The van der Waals surface area contributed by atoms with Crippen molar-refractivity contribution in [3.05, 3.63) is 54.3 Å². The molecule has 0 saturated heterocycles. The fourth-order valence-corrected chi connectivity index (χ4v) is 4.73. The lowest BCUT2D eigenvalue weighted by molar-refractivity contribution is -0.116. The number of aromatic nitrogens is 3. The van der Waals surface area contributed by atoms with Gasteiger partial charge >= 0.3 is 0 Å². The van der Waals surface area contributed by atoms with E-state index >= 15 is 0 Å². The first-order valence-corrected chi connectivity index (χ1v) is 10.4. The first-order chi connectivity index (χ1) is 13.1. The van der Waals surface area contributed by atoms with E-state index in [4.69, 9.17) is 0 Å². The van der Waals surface area contributed by atoms with Crippen LogP contribution in [0.15, 0.2) is 58.6 Å². The van der Waals surface area contributed by atoms with Crippen molar-refractivity contribution in [2.75, 3.05) is 23.0 Å². The smallest absolute Gasteiger partial charge is 0.237 e. The van der Waals surface area contributed by atoms with E-state index in [9.17, 15) is 9.18 Å². The molecular weight excluding hydrogens is 383 g/mol. The summed E-state index contributed by atoms with van der Waals surface area (Å²) < 4.78 is 15.7. The standard InChI is InChI=1S/C19H17FN4OS2/c1-23-18(13-6-2-3-7-14(13)20)21-22-19(23)27-12-17(25)24-10-11-26-16-9-5-4-8-15(16)24/h2-9H,10-12H2,1H3. The average Bonchev–Trinajstić information content (AvgIpc) is 3.06. The molecule has 3 aromatic rings. The molecule has 8 heteroatoms. The summed E-state index contributed by atoms with van der Waals surface area (Å²) in [6.07, 6.45) is 0. The molecule has 5 nitrogen and oxygen atoms in total. The maximum Gasteiger partial charge on any atom is 0.237 e. The summed E-state index contributed by atoms with van der Waals surface area (Å²) in [5.74, 6) is 1.27. The average molecular weight is 401 g/mol. The highest BCUT2D eigenvalue weighted by molar-refractivity contribution is 8.00. The van der Waals surface area contributed by atoms with Crippen LogP contribution in [0.1, 0.15) is 0 Å². The molecule has 0 spiro atoms. The van der Waals surface area contributed by atoms with Gasteiger partial charge in [-0.3, -0.25) is 4.79 Å². The summed E-state index contributed by atoms with van der Waals surface area (Å²) in [6, 6.07) is 14.4. The molecule has 0 N–H and O–H groups in total. The summed E-state index contributed by atoms with van der Waals surface area (Å²) in [5, 5.41) is 8.81. The summed E-state index contributed by atoms with van der Waals surface area (Å²) in [5.41, 5.74) is 1.36. The SMILES string of the molecule is Cn1c(SCC(=O)N2CCSc3ccccc32)nnc1-c1ccccc1F. The van der Waals surface area contributed by atoms with Crippen molar-refractivity contribution in [2.45, 2.75) is 10.1 Å². The highest BCUT2D eigenvalue weighted by Crippen LogP contribution is 2.35. The normalized spacial score (nSPS) is 13.5. The minimum Gasteiger partial charge on any atom is -0.310 e. The monoisotopic (exact) mass is 400 g/mol. The van der Waals surface area contributed by atoms with E-state index in [-0.39, 0.29) is 17.5 Å². The van der Waals surface area contributed by atoms with Crippen molar-refractivity contribution in [3.8, 4) is 11.4 Å². The third-order valence-electron chi connectivity index (χ3n) is 4.30. The highest BCUT2D eigenvalue weighted by atomic mass is 32.2. The molecule has 27 heavy (non-hydrogen) atoms. The molecule has 0 saturated carbocycles. The lowest BCUT2D eigenvalue weighted by atomic mass is 10.2. The molecule has 0 aliphatic carbocycles. The molecule has 0 radical (unpaired) electrons. The Morgan fingerprint density at radius 2 is 1.96 bits per heavy atom. The van der Waals surface area contributed by atoms with Crippen LogP contribution in [0.4, 0.5) is 10.1 Å². The Labute approximate surface area is 165 Å². The lowest BCUT2D eigenvalue weighted by Crippen LogP contribution is -2.36. The maximum atomic E-state index is 14.0. The first-order valence-electron chi connectivity index (χ1n) is 8.44. The highest BCUT2D eigenvalue weighted by Gasteiger charge is 2.23. The number of anilines is 1. The van der Waals surface area contributed by atoms with E-state index in [0.29, 0.717) is 23.1 Å². The van der Waals surface area contributed by atoms with Crippen LogP contribution in [0.25, 0.3) is 11.4 Å². The number of rotatable bonds is 4. The molecule has 1 aliphatic rings. The minimum atomic E-state index is -0.344. The van der Waals surface area contributed by atoms with E-state index < -0.39 is 0 Å². The van der Waals surface area contributed by atoms with Crippen LogP contribution in [0.2, 0.25) is 0 Å². The number of hydrogen-bond acceptors (Lipinski definition) is 5.